The fraction of sp³-hybridized carbons (Fsp3) is 0.571. The molecule has 6 heteroatoms. The van der Waals surface area contributed by atoms with Crippen LogP contribution in [0.4, 0.5) is 0 Å². The first-order chi connectivity index (χ1) is 34.0. The predicted octanol–water partition coefficient (Wildman–Crippen LogP) is 18.4. The monoisotopic (exact) mass is 951 g/mol. The van der Waals surface area contributed by atoms with E-state index in [1.54, 1.807) is 0 Å². The Morgan fingerprint density at radius 3 is 1.00 bits per heavy atom. The number of ether oxygens (including phenoxy) is 3. The van der Waals surface area contributed by atoms with Crippen molar-refractivity contribution >= 4 is 17.9 Å². The van der Waals surface area contributed by atoms with Crippen molar-refractivity contribution in [2.75, 3.05) is 13.2 Å². The zero-order valence-corrected chi connectivity index (χ0v) is 44.0. The van der Waals surface area contributed by atoms with Gasteiger partial charge in [-0.15, -0.1) is 0 Å². The number of rotatable bonds is 47. The second-order valence-corrected chi connectivity index (χ2v) is 17.4. The zero-order valence-electron chi connectivity index (χ0n) is 44.0. The van der Waals surface area contributed by atoms with Crippen LogP contribution in [0.5, 0.6) is 0 Å². The van der Waals surface area contributed by atoms with Crippen molar-refractivity contribution in [1.29, 1.82) is 0 Å². The van der Waals surface area contributed by atoms with Gasteiger partial charge in [0.25, 0.3) is 0 Å². The van der Waals surface area contributed by atoms with E-state index in [9.17, 15) is 14.4 Å². The molecule has 0 saturated carbocycles. The molecule has 0 unspecified atom stereocenters. The van der Waals surface area contributed by atoms with E-state index >= 15 is 0 Å². The number of hydrogen-bond acceptors (Lipinski definition) is 6. The van der Waals surface area contributed by atoms with Crippen LogP contribution < -0.4 is 0 Å². The van der Waals surface area contributed by atoms with Gasteiger partial charge in [-0.3, -0.25) is 14.4 Å². The van der Waals surface area contributed by atoms with Gasteiger partial charge in [-0.05, 0) is 128 Å². The number of allylic oxidation sites excluding steroid dienone is 24. The summed E-state index contributed by atoms with van der Waals surface area (Å²) in [5, 5.41) is 0. The van der Waals surface area contributed by atoms with Crippen molar-refractivity contribution in [3.8, 4) is 0 Å². The molecule has 386 valence electrons. The van der Waals surface area contributed by atoms with Crippen molar-refractivity contribution in [2.24, 2.45) is 0 Å². The first kappa shape index (κ1) is 64.3. The highest BCUT2D eigenvalue weighted by Gasteiger charge is 2.19. The van der Waals surface area contributed by atoms with Gasteiger partial charge in [0.2, 0.25) is 0 Å². The second-order valence-electron chi connectivity index (χ2n) is 17.4. The molecule has 0 fully saturated rings. The summed E-state index contributed by atoms with van der Waals surface area (Å²) < 4.78 is 16.7. The molecule has 0 rings (SSSR count). The van der Waals surface area contributed by atoms with Crippen molar-refractivity contribution in [1.82, 2.24) is 0 Å². The molecule has 69 heavy (non-hydrogen) atoms. The Labute approximate surface area is 423 Å². The second kappa shape index (κ2) is 55.9. The van der Waals surface area contributed by atoms with Crippen LogP contribution in [0.2, 0.25) is 0 Å². The lowest BCUT2D eigenvalue weighted by Crippen LogP contribution is -2.30. The minimum atomic E-state index is -0.833. The van der Waals surface area contributed by atoms with E-state index < -0.39 is 6.10 Å². The molecule has 0 aromatic rings. The van der Waals surface area contributed by atoms with E-state index in [2.05, 4.69) is 154 Å². The highest BCUT2D eigenvalue weighted by molar-refractivity contribution is 5.71. The lowest BCUT2D eigenvalue weighted by Gasteiger charge is -2.18. The Morgan fingerprint density at radius 1 is 0.304 bits per heavy atom. The summed E-state index contributed by atoms with van der Waals surface area (Å²) in [5.74, 6) is -1.06. The summed E-state index contributed by atoms with van der Waals surface area (Å²) in [6.45, 7) is 6.27. The van der Waals surface area contributed by atoms with Gasteiger partial charge < -0.3 is 14.2 Å². The van der Waals surface area contributed by atoms with Crippen LogP contribution in [0.15, 0.2) is 146 Å². The topological polar surface area (TPSA) is 78.9 Å². The van der Waals surface area contributed by atoms with Crippen LogP contribution in [-0.2, 0) is 28.6 Å². The molecule has 0 aromatic carbocycles. The van der Waals surface area contributed by atoms with Crippen molar-refractivity contribution in [3.05, 3.63) is 146 Å². The van der Waals surface area contributed by atoms with E-state index in [0.29, 0.717) is 12.8 Å². The first-order valence-corrected chi connectivity index (χ1v) is 27.3. The number of carbonyl (C=O) groups excluding carboxylic acids is 3. The molecule has 0 radical (unpaired) electrons. The molecule has 0 spiro atoms. The molecule has 0 aromatic heterocycles. The summed E-state index contributed by atoms with van der Waals surface area (Å²) in [7, 11) is 0. The summed E-state index contributed by atoms with van der Waals surface area (Å²) in [6.07, 6.45) is 79.8. The van der Waals surface area contributed by atoms with E-state index in [4.69, 9.17) is 14.2 Å². The quantitative estimate of drug-likeness (QED) is 0.0262. The average molecular weight is 951 g/mol. The molecule has 0 aliphatic rings. The third-order valence-corrected chi connectivity index (χ3v) is 10.8. The van der Waals surface area contributed by atoms with Gasteiger partial charge >= 0.3 is 17.9 Å². The zero-order chi connectivity index (χ0) is 50.0. The van der Waals surface area contributed by atoms with Gasteiger partial charge in [0.15, 0.2) is 6.10 Å². The normalized spacial score (nSPS) is 13.3. The van der Waals surface area contributed by atoms with Crippen LogP contribution in [0.3, 0.4) is 0 Å². The number of hydrogen-bond donors (Lipinski definition) is 0. The number of unbranched alkanes of at least 4 members (excludes halogenated alkanes) is 12. The SMILES string of the molecule is CC/C=C\C/C=C\C/C=C\C/C=C\C/C=C\C/C=C\CCC(=O)OC[C@H](COC(=O)CCCCC/C=C\C/C=C\C/C=C\C/C=C\C/C=C\CC)OC(=O)CCCCCCC/C=C\CCCCCC. The highest BCUT2D eigenvalue weighted by Crippen LogP contribution is 2.12. The summed E-state index contributed by atoms with van der Waals surface area (Å²) in [4.78, 5) is 38.1. The van der Waals surface area contributed by atoms with Crippen LogP contribution in [0.25, 0.3) is 0 Å². The standard InChI is InChI=1S/C63H98O6/c1-4-7-10-13-16-19-22-25-27-29-31-33-35-38-40-43-46-49-52-55-61(64)67-58-60(69-63(66)57-54-51-48-45-42-37-24-21-18-15-12-9-6-3)59-68-62(65)56-53-50-47-44-41-39-36-34-32-30-28-26-23-20-17-14-11-8-5-2/h7-8,10-11,16-17,19-21,24-28,31-34,38-41,46,49,60H,4-6,9,12-15,18,22-23,29-30,35-37,42-45,47-48,50-59H2,1-3H3/b10-7-,11-8-,19-16-,20-17-,24-21-,27-25-,28-26-,33-31-,34-32-,40-38-,41-39-,49-46-/t60-/m1/s1. The van der Waals surface area contributed by atoms with E-state index in [1.165, 1.54) is 38.5 Å². The van der Waals surface area contributed by atoms with Gasteiger partial charge in [-0.2, -0.15) is 0 Å². The van der Waals surface area contributed by atoms with Crippen LogP contribution in [0, 0.1) is 0 Å². The Balaban J connectivity index is 4.58. The smallest absolute Gasteiger partial charge is 0.306 e. The van der Waals surface area contributed by atoms with Crippen LogP contribution >= 0.6 is 0 Å². The van der Waals surface area contributed by atoms with Crippen LogP contribution in [-0.4, -0.2) is 37.2 Å². The molecular formula is C63H98O6. The lowest BCUT2D eigenvalue weighted by atomic mass is 10.1. The van der Waals surface area contributed by atoms with E-state index in [1.807, 2.05) is 12.2 Å². The van der Waals surface area contributed by atoms with Gasteiger partial charge in [-0.1, -0.05) is 212 Å². The Kier molecular flexibility index (Phi) is 52.1. The van der Waals surface area contributed by atoms with E-state index in [0.717, 1.165) is 128 Å². The third-order valence-electron chi connectivity index (χ3n) is 10.8. The lowest BCUT2D eigenvalue weighted by molar-refractivity contribution is -0.166. The van der Waals surface area contributed by atoms with Gasteiger partial charge in [0.1, 0.15) is 13.2 Å². The van der Waals surface area contributed by atoms with Gasteiger partial charge in [0, 0.05) is 19.3 Å². The molecule has 0 heterocycles. The molecule has 0 N–H and O–H groups in total. The minimum Gasteiger partial charge on any atom is -0.462 e. The molecule has 1 atom stereocenters. The Bertz CT molecular complexity index is 1560. The van der Waals surface area contributed by atoms with Crippen molar-refractivity contribution < 1.29 is 28.6 Å². The maximum Gasteiger partial charge on any atom is 0.306 e. The highest BCUT2D eigenvalue weighted by atomic mass is 16.6. The molecular weight excluding hydrogens is 853 g/mol. The minimum absolute atomic E-state index is 0.128. The molecule has 0 bridgehead atoms. The molecule has 0 aliphatic carbocycles. The maximum absolute atomic E-state index is 12.8. The van der Waals surface area contributed by atoms with E-state index in [-0.39, 0.29) is 44.0 Å². The fourth-order valence-corrected chi connectivity index (χ4v) is 6.78. The van der Waals surface area contributed by atoms with Crippen LogP contribution in [0.1, 0.15) is 213 Å². The molecule has 0 aliphatic heterocycles. The van der Waals surface area contributed by atoms with Crippen molar-refractivity contribution in [2.45, 2.75) is 219 Å². The molecule has 0 amide bonds. The fourth-order valence-electron chi connectivity index (χ4n) is 6.78. The summed E-state index contributed by atoms with van der Waals surface area (Å²) >= 11 is 0. The maximum atomic E-state index is 12.8. The molecule has 0 saturated heterocycles. The van der Waals surface area contributed by atoms with Crippen molar-refractivity contribution in [3.63, 3.8) is 0 Å². The Morgan fingerprint density at radius 2 is 0.594 bits per heavy atom. The number of carbonyl (C=O) groups is 3. The predicted molar refractivity (Wildman–Crippen MR) is 297 cm³/mol. The first-order valence-electron chi connectivity index (χ1n) is 27.3. The number of esters is 3. The average Bonchev–Trinajstić information content (AvgIpc) is 3.35. The third kappa shape index (κ3) is 54.1. The van der Waals surface area contributed by atoms with Gasteiger partial charge in [0.05, 0.1) is 0 Å². The molecule has 6 nitrogen and oxygen atoms in total. The Hall–Kier alpha value is -4.71. The summed E-state index contributed by atoms with van der Waals surface area (Å²) in [6, 6.07) is 0. The largest absolute Gasteiger partial charge is 0.462 e. The van der Waals surface area contributed by atoms with Gasteiger partial charge in [-0.25, -0.2) is 0 Å². The summed E-state index contributed by atoms with van der Waals surface area (Å²) in [5.41, 5.74) is 0.